The van der Waals surface area contributed by atoms with Crippen LogP contribution < -0.4 is 10.1 Å². The summed E-state index contributed by atoms with van der Waals surface area (Å²) in [5.41, 5.74) is 0.509. The normalized spacial score (nSPS) is 11.6. The second-order valence-electron chi connectivity index (χ2n) is 6.42. The standard InChI is InChI=1S/C19H15F3N6O2/c1-27-9-12(6-24-27)11-5-16(30-2)17-13(7-25-28(17)10-11)18(29)26-15-3-4-23-8-14(15)19(20,21)22/h3-10H,1-2H3,(H,23,26,29). The van der Waals surface area contributed by atoms with Crippen LogP contribution in [-0.4, -0.2) is 37.4 Å². The van der Waals surface area contributed by atoms with Gasteiger partial charge < -0.3 is 10.1 Å². The Hall–Kier alpha value is -3.89. The van der Waals surface area contributed by atoms with E-state index in [1.54, 1.807) is 36.4 Å². The number of hydrogen-bond acceptors (Lipinski definition) is 5. The largest absolute Gasteiger partial charge is 0.494 e. The number of carbonyl (C=O) groups excluding carboxylic acids is 1. The summed E-state index contributed by atoms with van der Waals surface area (Å²) >= 11 is 0. The molecular weight excluding hydrogens is 401 g/mol. The fraction of sp³-hybridized carbons (Fsp3) is 0.158. The van der Waals surface area contributed by atoms with Gasteiger partial charge in [-0.15, -0.1) is 0 Å². The number of alkyl halides is 3. The number of carbonyl (C=O) groups is 1. The third-order valence-corrected chi connectivity index (χ3v) is 4.45. The zero-order chi connectivity index (χ0) is 21.5. The van der Waals surface area contributed by atoms with Crippen molar-refractivity contribution < 1.29 is 22.7 Å². The van der Waals surface area contributed by atoms with E-state index < -0.39 is 23.3 Å². The third-order valence-electron chi connectivity index (χ3n) is 4.45. The van der Waals surface area contributed by atoms with Gasteiger partial charge in [0, 0.05) is 43.0 Å². The molecule has 4 aromatic rings. The van der Waals surface area contributed by atoms with Crippen LogP contribution in [0, 0.1) is 0 Å². The van der Waals surface area contributed by atoms with E-state index >= 15 is 0 Å². The maximum Gasteiger partial charge on any atom is 0.419 e. The minimum Gasteiger partial charge on any atom is -0.494 e. The van der Waals surface area contributed by atoms with Gasteiger partial charge in [-0.25, -0.2) is 4.52 Å². The topological polar surface area (TPSA) is 86.3 Å². The molecule has 0 aliphatic heterocycles. The number of ether oxygens (including phenoxy) is 1. The molecule has 0 bridgehead atoms. The molecular formula is C19H15F3N6O2. The SMILES string of the molecule is COc1cc(-c2cnn(C)c2)cn2ncc(C(=O)Nc3ccncc3C(F)(F)F)c12. The minimum absolute atomic E-state index is 0.0644. The molecule has 30 heavy (non-hydrogen) atoms. The van der Waals surface area contributed by atoms with Crippen LogP contribution in [0.4, 0.5) is 18.9 Å². The average Bonchev–Trinajstić information content (AvgIpc) is 3.33. The average molecular weight is 416 g/mol. The first-order valence-corrected chi connectivity index (χ1v) is 8.65. The number of rotatable bonds is 4. The smallest absolute Gasteiger partial charge is 0.419 e. The second kappa shape index (κ2) is 7.17. The molecule has 0 aliphatic rings. The molecule has 1 N–H and O–H groups in total. The molecule has 4 rings (SSSR count). The van der Waals surface area contributed by atoms with E-state index in [1.165, 1.54) is 24.0 Å². The molecule has 0 fully saturated rings. The quantitative estimate of drug-likeness (QED) is 0.551. The molecule has 11 heteroatoms. The molecule has 0 radical (unpaired) electrons. The van der Waals surface area contributed by atoms with Gasteiger partial charge in [0.2, 0.25) is 0 Å². The van der Waals surface area contributed by atoms with E-state index in [1.807, 2.05) is 0 Å². The van der Waals surface area contributed by atoms with E-state index in [2.05, 4.69) is 20.5 Å². The maximum atomic E-state index is 13.2. The van der Waals surface area contributed by atoms with Gasteiger partial charge >= 0.3 is 6.18 Å². The van der Waals surface area contributed by atoms with Crippen molar-refractivity contribution in [2.75, 3.05) is 12.4 Å². The van der Waals surface area contributed by atoms with E-state index in [9.17, 15) is 18.0 Å². The zero-order valence-corrected chi connectivity index (χ0v) is 15.8. The lowest BCUT2D eigenvalue weighted by molar-refractivity contribution is -0.137. The molecule has 0 saturated carbocycles. The first-order chi connectivity index (χ1) is 14.3. The highest BCUT2D eigenvalue weighted by molar-refractivity contribution is 6.10. The number of aromatic nitrogens is 5. The Bertz CT molecular complexity index is 1240. The molecule has 154 valence electrons. The highest BCUT2D eigenvalue weighted by Gasteiger charge is 2.34. The maximum absolute atomic E-state index is 13.2. The number of aryl methyl sites for hydroxylation is 1. The number of fused-ring (bicyclic) bond motifs is 1. The van der Waals surface area contributed by atoms with Crippen molar-refractivity contribution >= 4 is 17.1 Å². The number of methoxy groups -OCH3 is 1. The molecule has 0 atom stereocenters. The van der Waals surface area contributed by atoms with Crippen LogP contribution in [0.1, 0.15) is 15.9 Å². The van der Waals surface area contributed by atoms with Crippen LogP contribution in [-0.2, 0) is 13.2 Å². The summed E-state index contributed by atoms with van der Waals surface area (Å²) in [5.74, 6) is -0.418. The molecule has 0 aliphatic carbocycles. The lowest BCUT2D eigenvalue weighted by Crippen LogP contribution is -2.17. The van der Waals surface area contributed by atoms with Crippen LogP contribution in [0.2, 0.25) is 0 Å². The lowest BCUT2D eigenvalue weighted by atomic mass is 10.1. The first kappa shape index (κ1) is 19.4. The fourth-order valence-corrected chi connectivity index (χ4v) is 3.05. The molecule has 4 aromatic heterocycles. The van der Waals surface area contributed by atoms with Gasteiger partial charge in [0.1, 0.15) is 11.3 Å². The predicted molar refractivity (Wildman–Crippen MR) is 101 cm³/mol. The summed E-state index contributed by atoms with van der Waals surface area (Å²) in [6.45, 7) is 0. The Balaban J connectivity index is 1.74. The van der Waals surface area contributed by atoms with Gasteiger partial charge in [-0.3, -0.25) is 14.5 Å². The number of amides is 1. The van der Waals surface area contributed by atoms with Crippen LogP contribution >= 0.6 is 0 Å². The number of nitrogens with one attached hydrogen (secondary N) is 1. The lowest BCUT2D eigenvalue weighted by Gasteiger charge is -2.13. The molecule has 4 heterocycles. The molecule has 0 saturated heterocycles. The summed E-state index contributed by atoms with van der Waals surface area (Å²) in [4.78, 5) is 16.3. The first-order valence-electron chi connectivity index (χ1n) is 8.65. The predicted octanol–water partition coefficient (Wildman–Crippen LogP) is 3.41. The number of hydrogen-bond donors (Lipinski definition) is 1. The molecule has 8 nitrogen and oxygen atoms in total. The van der Waals surface area contributed by atoms with E-state index in [-0.39, 0.29) is 5.56 Å². The highest BCUT2D eigenvalue weighted by atomic mass is 19.4. The van der Waals surface area contributed by atoms with Crippen LogP contribution in [0.25, 0.3) is 16.6 Å². The Morgan fingerprint density at radius 1 is 1.13 bits per heavy atom. The summed E-state index contributed by atoms with van der Waals surface area (Å²) in [7, 11) is 3.21. The van der Waals surface area contributed by atoms with E-state index in [4.69, 9.17) is 4.74 Å². The summed E-state index contributed by atoms with van der Waals surface area (Å²) in [6, 6.07) is 2.79. The van der Waals surface area contributed by atoms with Crippen molar-refractivity contribution in [2.45, 2.75) is 6.18 Å². The van der Waals surface area contributed by atoms with Gasteiger partial charge in [-0.2, -0.15) is 23.4 Å². The van der Waals surface area contributed by atoms with E-state index in [0.717, 1.165) is 17.2 Å². The van der Waals surface area contributed by atoms with Crippen LogP contribution in [0.15, 0.2) is 49.3 Å². The number of halogens is 3. The van der Waals surface area contributed by atoms with Crippen LogP contribution in [0.3, 0.4) is 0 Å². The minimum atomic E-state index is -4.66. The molecule has 1 amide bonds. The Kier molecular flexibility index (Phi) is 4.65. The van der Waals surface area contributed by atoms with Crippen molar-refractivity contribution in [1.29, 1.82) is 0 Å². The van der Waals surface area contributed by atoms with Crippen molar-refractivity contribution in [3.8, 4) is 16.9 Å². The van der Waals surface area contributed by atoms with Crippen molar-refractivity contribution in [3.05, 3.63) is 60.4 Å². The number of pyridine rings is 2. The van der Waals surface area contributed by atoms with Gasteiger partial charge in [0.15, 0.2) is 0 Å². The summed E-state index contributed by atoms with van der Waals surface area (Å²) in [5, 5.41) is 10.6. The van der Waals surface area contributed by atoms with Crippen molar-refractivity contribution in [1.82, 2.24) is 24.4 Å². The van der Waals surface area contributed by atoms with Crippen molar-refractivity contribution in [3.63, 3.8) is 0 Å². The monoisotopic (exact) mass is 416 g/mol. The molecule has 0 unspecified atom stereocenters. The number of nitrogens with zero attached hydrogens (tertiary/aromatic N) is 5. The number of anilines is 1. The summed E-state index contributed by atoms with van der Waals surface area (Å²) in [6.07, 6.45) is 3.59. The Labute approximate surface area is 167 Å². The van der Waals surface area contributed by atoms with Gasteiger partial charge in [-0.05, 0) is 12.1 Å². The van der Waals surface area contributed by atoms with Gasteiger partial charge in [-0.1, -0.05) is 0 Å². The van der Waals surface area contributed by atoms with Crippen molar-refractivity contribution in [2.24, 2.45) is 7.05 Å². The van der Waals surface area contributed by atoms with Crippen LogP contribution in [0.5, 0.6) is 5.75 Å². The van der Waals surface area contributed by atoms with E-state index in [0.29, 0.717) is 17.5 Å². The zero-order valence-electron chi connectivity index (χ0n) is 15.8. The highest BCUT2D eigenvalue weighted by Crippen LogP contribution is 2.35. The van der Waals surface area contributed by atoms with Gasteiger partial charge in [0.05, 0.1) is 36.3 Å². The second-order valence-corrected chi connectivity index (χ2v) is 6.42. The molecule has 0 spiro atoms. The molecule has 0 aromatic carbocycles. The van der Waals surface area contributed by atoms with Gasteiger partial charge in [0.25, 0.3) is 5.91 Å². The third kappa shape index (κ3) is 3.45. The summed E-state index contributed by atoms with van der Waals surface area (Å²) < 4.78 is 48.1. The Morgan fingerprint density at radius 3 is 2.60 bits per heavy atom. The fourth-order valence-electron chi connectivity index (χ4n) is 3.05. The Morgan fingerprint density at radius 2 is 1.93 bits per heavy atom.